The summed E-state index contributed by atoms with van der Waals surface area (Å²) in [5, 5.41) is 0. The van der Waals surface area contributed by atoms with Crippen molar-refractivity contribution in [3.05, 3.63) is 108 Å². The zero-order valence-electron chi connectivity index (χ0n) is 19.2. The molecular weight excluding hydrogens is 439 g/mol. The minimum atomic E-state index is -0.342. The second-order valence-corrected chi connectivity index (χ2v) is 8.57. The number of halogens is 1. The van der Waals surface area contributed by atoms with Crippen LogP contribution in [0, 0.1) is 5.82 Å². The molecule has 0 N–H and O–H groups in total. The van der Waals surface area contributed by atoms with Gasteiger partial charge in [0.1, 0.15) is 5.82 Å². The zero-order chi connectivity index (χ0) is 24.0. The molecule has 2 aromatic carbocycles. The van der Waals surface area contributed by atoms with Crippen LogP contribution < -0.4 is 0 Å². The fourth-order valence-corrected chi connectivity index (χ4v) is 4.46. The van der Waals surface area contributed by atoms with Crippen molar-refractivity contribution in [3.63, 3.8) is 0 Å². The van der Waals surface area contributed by atoms with Gasteiger partial charge in [-0.25, -0.2) is 14.4 Å². The number of piperidine rings is 1. The number of aromatic nitrogens is 3. The molecule has 6 heteroatoms. The maximum atomic E-state index is 14.0. The van der Waals surface area contributed by atoms with Crippen molar-refractivity contribution in [2.24, 2.45) is 0 Å². The maximum absolute atomic E-state index is 14.0. The van der Waals surface area contributed by atoms with E-state index < -0.39 is 0 Å². The monoisotopic (exact) mass is 464 g/mol. The molecule has 1 atom stereocenters. The molecular formula is C29H25FN4O. The molecule has 1 fully saturated rings. The van der Waals surface area contributed by atoms with Crippen LogP contribution in [0.15, 0.2) is 91.4 Å². The van der Waals surface area contributed by atoms with E-state index in [0.29, 0.717) is 24.5 Å². The van der Waals surface area contributed by atoms with E-state index in [1.807, 2.05) is 41.4 Å². The number of hydrogen-bond donors (Lipinski definition) is 0. The van der Waals surface area contributed by atoms with Crippen LogP contribution in [-0.4, -0.2) is 38.8 Å². The molecule has 2 aromatic heterocycles. The van der Waals surface area contributed by atoms with Crippen LogP contribution in [0.25, 0.3) is 28.6 Å². The standard InChI is InChI=1S/C29H25FN4O/c30-26-11-5-4-9-22(26)12-13-27(35)34-18-6-10-24(20-34)28-25(21-7-2-1-3-8-21)19-32-29(33-28)23-14-16-31-17-15-23/h1-5,7-9,11-17,19,24H,6,10,18,20H2/b13-12+. The van der Waals surface area contributed by atoms with E-state index in [0.717, 1.165) is 35.2 Å². The molecule has 1 aliphatic rings. The Kier molecular flexibility index (Phi) is 6.70. The summed E-state index contributed by atoms with van der Waals surface area (Å²) in [6, 6.07) is 20.3. The van der Waals surface area contributed by atoms with Gasteiger partial charge in [-0.3, -0.25) is 9.78 Å². The van der Waals surface area contributed by atoms with Crippen molar-refractivity contribution in [2.45, 2.75) is 18.8 Å². The molecule has 0 radical (unpaired) electrons. The highest BCUT2D eigenvalue weighted by Crippen LogP contribution is 2.34. The molecule has 35 heavy (non-hydrogen) atoms. The largest absolute Gasteiger partial charge is 0.338 e. The van der Waals surface area contributed by atoms with Crippen molar-refractivity contribution in [2.75, 3.05) is 13.1 Å². The number of amides is 1. The Hall–Kier alpha value is -4.19. The molecule has 0 saturated carbocycles. The van der Waals surface area contributed by atoms with E-state index in [1.54, 1.807) is 36.7 Å². The van der Waals surface area contributed by atoms with Crippen LogP contribution in [0.3, 0.4) is 0 Å². The Bertz CT molecular complexity index is 1340. The lowest BCUT2D eigenvalue weighted by atomic mass is 9.89. The quantitative estimate of drug-likeness (QED) is 0.352. The third-order valence-electron chi connectivity index (χ3n) is 6.27. The number of carbonyl (C=O) groups is 1. The van der Waals surface area contributed by atoms with Crippen molar-refractivity contribution in [1.82, 2.24) is 19.9 Å². The summed E-state index contributed by atoms with van der Waals surface area (Å²) in [7, 11) is 0. The first kappa shape index (κ1) is 22.6. The average Bonchev–Trinajstić information content (AvgIpc) is 2.93. The second kappa shape index (κ2) is 10.4. The van der Waals surface area contributed by atoms with Crippen LogP contribution in [-0.2, 0) is 4.79 Å². The Labute approximate surface area is 204 Å². The predicted octanol–water partition coefficient (Wildman–Crippen LogP) is 5.76. The van der Waals surface area contributed by atoms with Crippen LogP contribution >= 0.6 is 0 Å². The Balaban J connectivity index is 1.44. The van der Waals surface area contributed by atoms with Crippen LogP contribution in [0.5, 0.6) is 0 Å². The summed E-state index contributed by atoms with van der Waals surface area (Å²) in [6.45, 7) is 1.22. The molecule has 1 amide bonds. The lowest BCUT2D eigenvalue weighted by Gasteiger charge is -2.32. The molecule has 0 bridgehead atoms. The van der Waals surface area contributed by atoms with Crippen molar-refractivity contribution >= 4 is 12.0 Å². The van der Waals surface area contributed by atoms with Crippen LogP contribution in [0.1, 0.15) is 30.0 Å². The summed E-state index contributed by atoms with van der Waals surface area (Å²) in [6.07, 6.45) is 10.1. The number of rotatable bonds is 5. The Morgan fingerprint density at radius 2 is 1.74 bits per heavy atom. The van der Waals surface area contributed by atoms with Gasteiger partial charge in [-0.15, -0.1) is 0 Å². The molecule has 1 unspecified atom stereocenters. The van der Waals surface area contributed by atoms with E-state index in [-0.39, 0.29) is 17.6 Å². The smallest absolute Gasteiger partial charge is 0.246 e. The lowest BCUT2D eigenvalue weighted by molar-refractivity contribution is -0.127. The highest BCUT2D eigenvalue weighted by atomic mass is 19.1. The van der Waals surface area contributed by atoms with E-state index in [9.17, 15) is 9.18 Å². The number of nitrogens with zero attached hydrogens (tertiary/aromatic N) is 4. The van der Waals surface area contributed by atoms with E-state index in [2.05, 4.69) is 22.1 Å². The van der Waals surface area contributed by atoms with Gasteiger partial charge in [-0.1, -0.05) is 48.5 Å². The van der Waals surface area contributed by atoms with Crippen molar-refractivity contribution in [1.29, 1.82) is 0 Å². The van der Waals surface area contributed by atoms with Crippen LogP contribution in [0.2, 0.25) is 0 Å². The third-order valence-corrected chi connectivity index (χ3v) is 6.27. The summed E-state index contributed by atoms with van der Waals surface area (Å²) >= 11 is 0. The SMILES string of the molecule is O=C(/C=C/c1ccccc1F)N1CCCC(c2nc(-c3ccncc3)ncc2-c2ccccc2)C1. The first-order valence-electron chi connectivity index (χ1n) is 11.7. The first-order valence-corrected chi connectivity index (χ1v) is 11.7. The number of carbonyl (C=O) groups excluding carboxylic acids is 1. The number of hydrogen-bond acceptors (Lipinski definition) is 4. The van der Waals surface area contributed by atoms with Crippen molar-refractivity contribution in [3.8, 4) is 22.5 Å². The van der Waals surface area contributed by atoms with Gasteiger partial charge >= 0.3 is 0 Å². The third kappa shape index (κ3) is 5.17. The molecule has 0 spiro atoms. The van der Waals surface area contributed by atoms with E-state index >= 15 is 0 Å². The molecule has 5 rings (SSSR count). The van der Waals surface area contributed by atoms with Gasteiger partial charge in [0.25, 0.3) is 0 Å². The molecule has 3 heterocycles. The molecule has 1 saturated heterocycles. The second-order valence-electron chi connectivity index (χ2n) is 8.57. The van der Waals surface area contributed by atoms with Crippen molar-refractivity contribution < 1.29 is 9.18 Å². The predicted molar refractivity (Wildman–Crippen MR) is 135 cm³/mol. The van der Waals surface area contributed by atoms with Gasteiger partial charge in [0.2, 0.25) is 5.91 Å². The topological polar surface area (TPSA) is 59.0 Å². The summed E-state index contributed by atoms with van der Waals surface area (Å²) in [5.74, 6) is 0.242. The molecule has 4 aromatic rings. The average molecular weight is 465 g/mol. The highest BCUT2D eigenvalue weighted by Gasteiger charge is 2.27. The van der Waals surface area contributed by atoms with Gasteiger partial charge in [-0.2, -0.15) is 0 Å². The molecule has 1 aliphatic heterocycles. The highest BCUT2D eigenvalue weighted by molar-refractivity contribution is 5.92. The minimum Gasteiger partial charge on any atom is -0.338 e. The summed E-state index contributed by atoms with van der Waals surface area (Å²) < 4.78 is 14.0. The number of benzene rings is 2. The molecule has 174 valence electrons. The van der Waals surface area contributed by atoms with Gasteiger partial charge in [0.15, 0.2) is 5.82 Å². The Morgan fingerprint density at radius 3 is 2.54 bits per heavy atom. The zero-order valence-corrected chi connectivity index (χ0v) is 19.2. The lowest BCUT2D eigenvalue weighted by Crippen LogP contribution is -2.38. The molecule has 0 aliphatic carbocycles. The van der Waals surface area contributed by atoms with Gasteiger partial charge in [0.05, 0.1) is 5.69 Å². The van der Waals surface area contributed by atoms with Crippen LogP contribution in [0.4, 0.5) is 4.39 Å². The van der Waals surface area contributed by atoms with Gasteiger partial charge in [0, 0.05) is 60.4 Å². The minimum absolute atomic E-state index is 0.0633. The first-order chi connectivity index (χ1) is 17.2. The van der Waals surface area contributed by atoms with E-state index in [1.165, 1.54) is 12.1 Å². The maximum Gasteiger partial charge on any atom is 0.246 e. The van der Waals surface area contributed by atoms with Gasteiger partial charge in [-0.05, 0) is 42.7 Å². The Morgan fingerprint density at radius 1 is 0.971 bits per heavy atom. The summed E-state index contributed by atoms with van der Waals surface area (Å²) in [5.41, 5.74) is 4.26. The van der Waals surface area contributed by atoms with E-state index in [4.69, 9.17) is 4.98 Å². The van der Waals surface area contributed by atoms with Gasteiger partial charge < -0.3 is 4.90 Å². The fraction of sp³-hybridized carbons (Fsp3) is 0.172. The normalized spacial score (nSPS) is 15.9. The number of likely N-dealkylation sites (tertiary alicyclic amines) is 1. The number of pyridine rings is 1. The fourth-order valence-electron chi connectivity index (χ4n) is 4.46. The molecule has 5 nitrogen and oxygen atoms in total. The summed E-state index contributed by atoms with van der Waals surface area (Å²) in [4.78, 5) is 28.5.